The van der Waals surface area contributed by atoms with Gasteiger partial charge in [0.15, 0.2) is 0 Å². The topological polar surface area (TPSA) is 49.7 Å². The first-order valence-corrected chi connectivity index (χ1v) is 7.05. The lowest BCUT2D eigenvalue weighted by molar-refractivity contribution is 0.0927. The van der Waals surface area contributed by atoms with Crippen LogP contribution in [-0.2, 0) is 4.74 Å². The molecule has 0 amide bonds. The van der Waals surface area contributed by atoms with E-state index in [1.165, 1.54) is 0 Å². The Morgan fingerprint density at radius 3 is 2.53 bits per heavy atom. The first kappa shape index (κ1) is 14.6. The molecular weight excluding hydrogens is 240 g/mol. The first-order valence-electron chi connectivity index (χ1n) is 7.05. The van der Waals surface area contributed by atoms with E-state index in [9.17, 15) is 10.2 Å². The number of hydrogen-bond donors (Lipinski definition) is 2. The van der Waals surface area contributed by atoms with Gasteiger partial charge in [0.1, 0.15) is 0 Å². The van der Waals surface area contributed by atoms with E-state index in [0.717, 1.165) is 12.0 Å². The highest BCUT2D eigenvalue weighted by Gasteiger charge is 2.51. The van der Waals surface area contributed by atoms with Gasteiger partial charge in [0.05, 0.1) is 26.1 Å². The summed E-state index contributed by atoms with van der Waals surface area (Å²) in [5.41, 5.74) is 1.15. The summed E-state index contributed by atoms with van der Waals surface area (Å²) in [5, 5.41) is 19.8. The summed E-state index contributed by atoms with van der Waals surface area (Å²) in [4.78, 5) is 0. The Bertz CT molecular complexity index is 397. The van der Waals surface area contributed by atoms with Crippen LogP contribution in [-0.4, -0.2) is 30.0 Å². The van der Waals surface area contributed by atoms with Gasteiger partial charge in [-0.1, -0.05) is 32.9 Å². The van der Waals surface area contributed by atoms with Crippen molar-refractivity contribution in [3.8, 4) is 0 Å². The zero-order valence-electron chi connectivity index (χ0n) is 12.4. The molecule has 0 aromatic heterocycles. The summed E-state index contributed by atoms with van der Waals surface area (Å²) in [6.45, 7) is 6.64. The average Bonchev–Trinajstić information content (AvgIpc) is 2.80. The van der Waals surface area contributed by atoms with Crippen molar-refractivity contribution in [2.24, 2.45) is 22.7 Å². The Hall–Kier alpha value is -0.800. The molecule has 0 heterocycles. The largest absolute Gasteiger partial charge is 0.504 e. The van der Waals surface area contributed by atoms with Crippen molar-refractivity contribution >= 4 is 0 Å². The molecule has 2 rings (SSSR count). The molecule has 1 fully saturated rings. The fraction of sp³-hybridized carbons (Fsp3) is 0.750. The third-order valence-electron chi connectivity index (χ3n) is 4.94. The zero-order chi connectivity index (χ0) is 14.3. The SMILES string of the molecule is CO/C=C1\[C@H](CO)C(O)C[C@]1(C)C1C=CC(C)(C)C1. The first-order chi connectivity index (χ1) is 8.84. The van der Waals surface area contributed by atoms with E-state index >= 15 is 0 Å². The molecule has 108 valence electrons. The number of methoxy groups -OCH3 is 1. The lowest BCUT2D eigenvalue weighted by Crippen LogP contribution is -2.27. The molecule has 0 aliphatic heterocycles. The average molecular weight is 266 g/mol. The molecular formula is C16H26O3. The third-order valence-corrected chi connectivity index (χ3v) is 4.94. The fourth-order valence-electron chi connectivity index (χ4n) is 3.78. The minimum atomic E-state index is -0.478. The summed E-state index contributed by atoms with van der Waals surface area (Å²) in [5.74, 6) is 0.206. The van der Waals surface area contributed by atoms with Crippen molar-refractivity contribution in [1.29, 1.82) is 0 Å². The van der Waals surface area contributed by atoms with E-state index in [0.29, 0.717) is 12.3 Å². The van der Waals surface area contributed by atoms with Crippen LogP contribution < -0.4 is 0 Å². The van der Waals surface area contributed by atoms with E-state index in [-0.39, 0.29) is 23.4 Å². The monoisotopic (exact) mass is 266 g/mol. The van der Waals surface area contributed by atoms with Gasteiger partial charge >= 0.3 is 0 Å². The number of hydrogen-bond acceptors (Lipinski definition) is 3. The van der Waals surface area contributed by atoms with Crippen LogP contribution in [0.25, 0.3) is 0 Å². The van der Waals surface area contributed by atoms with Gasteiger partial charge in [-0.2, -0.15) is 0 Å². The minimum absolute atomic E-state index is 0.0220. The van der Waals surface area contributed by atoms with Crippen LogP contribution in [0.15, 0.2) is 24.0 Å². The molecule has 0 radical (unpaired) electrons. The third kappa shape index (κ3) is 2.46. The number of aliphatic hydroxyl groups is 2. The summed E-state index contributed by atoms with van der Waals surface area (Å²) >= 11 is 0. The molecule has 2 aliphatic carbocycles. The summed E-state index contributed by atoms with van der Waals surface area (Å²) in [7, 11) is 1.63. The Morgan fingerprint density at radius 1 is 1.37 bits per heavy atom. The predicted octanol–water partition coefficient (Wildman–Crippen LogP) is 2.50. The van der Waals surface area contributed by atoms with Gasteiger partial charge in [-0.25, -0.2) is 0 Å². The van der Waals surface area contributed by atoms with E-state index in [1.807, 2.05) is 0 Å². The van der Waals surface area contributed by atoms with E-state index < -0.39 is 6.10 Å². The van der Waals surface area contributed by atoms with Crippen molar-refractivity contribution in [3.63, 3.8) is 0 Å². The maximum atomic E-state index is 10.2. The van der Waals surface area contributed by atoms with Crippen LogP contribution in [0.3, 0.4) is 0 Å². The van der Waals surface area contributed by atoms with E-state index in [2.05, 4.69) is 32.9 Å². The van der Waals surface area contributed by atoms with E-state index in [1.54, 1.807) is 13.4 Å². The molecule has 0 saturated heterocycles. The van der Waals surface area contributed by atoms with Gasteiger partial charge in [0.2, 0.25) is 0 Å². The zero-order valence-corrected chi connectivity index (χ0v) is 12.4. The fourth-order valence-corrected chi connectivity index (χ4v) is 3.78. The molecule has 0 spiro atoms. The lowest BCUT2D eigenvalue weighted by atomic mass is 9.70. The molecule has 3 heteroatoms. The van der Waals surface area contributed by atoms with Crippen molar-refractivity contribution < 1.29 is 14.9 Å². The normalized spacial score (nSPS) is 43.1. The van der Waals surface area contributed by atoms with Crippen LogP contribution in [0, 0.1) is 22.7 Å². The predicted molar refractivity (Wildman–Crippen MR) is 75.4 cm³/mol. The van der Waals surface area contributed by atoms with Gasteiger partial charge in [0, 0.05) is 11.3 Å². The maximum absolute atomic E-state index is 10.2. The smallest absolute Gasteiger partial charge is 0.0827 e. The molecule has 0 aromatic carbocycles. The van der Waals surface area contributed by atoms with Crippen molar-refractivity contribution in [2.45, 2.75) is 39.7 Å². The van der Waals surface area contributed by atoms with Crippen LogP contribution in [0.2, 0.25) is 0 Å². The molecule has 2 aliphatic rings. The standard InChI is InChI=1S/C16H26O3/c1-15(2)6-5-11(7-15)16(3)8-14(18)12(9-17)13(16)10-19-4/h5-6,10-12,14,17-18H,7-9H2,1-4H3/b13-10+/t11?,12-,14?,16+/m0/s1. The summed E-state index contributed by atoms with van der Waals surface area (Å²) < 4.78 is 5.20. The van der Waals surface area contributed by atoms with Crippen LogP contribution in [0.1, 0.15) is 33.6 Å². The molecule has 0 aromatic rings. The quantitative estimate of drug-likeness (QED) is 0.609. The minimum Gasteiger partial charge on any atom is -0.504 e. The molecule has 19 heavy (non-hydrogen) atoms. The Labute approximate surface area is 116 Å². The van der Waals surface area contributed by atoms with Crippen LogP contribution in [0.4, 0.5) is 0 Å². The highest BCUT2D eigenvalue weighted by molar-refractivity contribution is 5.28. The molecule has 2 N–H and O–H groups in total. The second-order valence-electron chi connectivity index (χ2n) is 6.95. The summed E-state index contributed by atoms with van der Waals surface area (Å²) in [6, 6.07) is 0. The van der Waals surface area contributed by atoms with Gasteiger partial charge in [-0.3, -0.25) is 0 Å². The molecule has 2 unspecified atom stereocenters. The highest BCUT2D eigenvalue weighted by atomic mass is 16.5. The maximum Gasteiger partial charge on any atom is 0.0827 e. The number of allylic oxidation sites excluding steroid dienone is 2. The molecule has 0 bridgehead atoms. The highest BCUT2D eigenvalue weighted by Crippen LogP contribution is 2.56. The van der Waals surface area contributed by atoms with Gasteiger partial charge in [0.25, 0.3) is 0 Å². The van der Waals surface area contributed by atoms with Crippen molar-refractivity contribution in [3.05, 3.63) is 24.0 Å². The van der Waals surface area contributed by atoms with Gasteiger partial charge < -0.3 is 14.9 Å². The van der Waals surface area contributed by atoms with Gasteiger partial charge in [-0.15, -0.1) is 0 Å². The number of ether oxygens (including phenoxy) is 1. The number of rotatable bonds is 3. The van der Waals surface area contributed by atoms with Crippen molar-refractivity contribution in [2.75, 3.05) is 13.7 Å². The van der Waals surface area contributed by atoms with E-state index in [4.69, 9.17) is 4.74 Å². The lowest BCUT2D eigenvalue weighted by Gasteiger charge is -2.34. The number of aliphatic hydroxyl groups excluding tert-OH is 2. The summed E-state index contributed by atoms with van der Waals surface area (Å²) in [6.07, 6.45) is 7.57. The van der Waals surface area contributed by atoms with Crippen LogP contribution >= 0.6 is 0 Å². The Kier molecular flexibility index (Phi) is 3.80. The van der Waals surface area contributed by atoms with Crippen molar-refractivity contribution in [1.82, 2.24) is 0 Å². The second-order valence-corrected chi connectivity index (χ2v) is 6.95. The van der Waals surface area contributed by atoms with Crippen LogP contribution in [0.5, 0.6) is 0 Å². The molecule has 3 nitrogen and oxygen atoms in total. The molecule has 4 atom stereocenters. The Balaban J connectivity index is 2.32. The molecule has 1 saturated carbocycles. The Morgan fingerprint density at radius 2 is 2.05 bits per heavy atom. The second kappa shape index (κ2) is 4.95. The van der Waals surface area contributed by atoms with Gasteiger partial charge in [-0.05, 0) is 29.7 Å².